The molecule has 0 amide bonds. The summed E-state index contributed by atoms with van der Waals surface area (Å²) in [6.45, 7) is 4.41. The van der Waals surface area contributed by atoms with Crippen LogP contribution in [-0.2, 0) is 6.42 Å². The fourth-order valence-electron chi connectivity index (χ4n) is 2.61. The normalized spacial score (nSPS) is 21.2. The first-order valence-corrected chi connectivity index (χ1v) is 7.08. The number of aliphatic hydroxyl groups excluding tert-OH is 1. The second kappa shape index (κ2) is 6.19. The van der Waals surface area contributed by atoms with Crippen LogP contribution < -0.4 is 0 Å². The number of hydrogen-bond donors (Lipinski definition) is 1. The first kappa shape index (κ1) is 13.4. The largest absolute Gasteiger partial charge is 0.392 e. The van der Waals surface area contributed by atoms with Crippen LogP contribution in [0.3, 0.4) is 0 Å². The van der Waals surface area contributed by atoms with Crippen LogP contribution in [0.4, 0.5) is 0 Å². The molecule has 2 atom stereocenters. The lowest BCUT2D eigenvalue weighted by Crippen LogP contribution is -2.23. The molecule has 0 radical (unpaired) electrons. The zero-order chi connectivity index (χ0) is 13.0. The lowest BCUT2D eigenvalue weighted by Gasteiger charge is -2.23. The minimum atomic E-state index is -0.195. The molecule has 1 aromatic rings. The molecule has 1 aromatic carbocycles. The van der Waals surface area contributed by atoms with Gasteiger partial charge >= 0.3 is 0 Å². The van der Waals surface area contributed by atoms with Crippen LogP contribution in [0.2, 0.25) is 0 Å². The molecule has 0 aromatic heterocycles. The topological polar surface area (TPSA) is 20.2 Å². The molecular formula is C17H24O. The smallest absolute Gasteiger partial charge is 0.0611 e. The van der Waals surface area contributed by atoms with Crippen LogP contribution in [0.1, 0.15) is 50.2 Å². The Bertz CT molecular complexity index is 389. The molecule has 18 heavy (non-hydrogen) atoms. The van der Waals surface area contributed by atoms with Gasteiger partial charge in [-0.2, -0.15) is 0 Å². The summed E-state index contributed by atoms with van der Waals surface area (Å²) in [7, 11) is 0. The van der Waals surface area contributed by atoms with Crippen LogP contribution in [0.5, 0.6) is 0 Å². The van der Waals surface area contributed by atoms with Crippen molar-refractivity contribution in [2.24, 2.45) is 5.92 Å². The van der Waals surface area contributed by atoms with E-state index in [1.807, 2.05) is 0 Å². The van der Waals surface area contributed by atoms with E-state index in [2.05, 4.69) is 50.3 Å². The Morgan fingerprint density at radius 1 is 1.17 bits per heavy atom. The minimum Gasteiger partial charge on any atom is -0.392 e. The lowest BCUT2D eigenvalue weighted by molar-refractivity contribution is 0.102. The van der Waals surface area contributed by atoms with Crippen molar-refractivity contribution in [1.29, 1.82) is 0 Å². The van der Waals surface area contributed by atoms with Gasteiger partial charge in [-0.3, -0.25) is 0 Å². The SMILES string of the molecule is CC(C)c1ccc(CC(O)C2CC=CCC2)cc1. The monoisotopic (exact) mass is 244 g/mol. The average Bonchev–Trinajstić information content (AvgIpc) is 2.40. The van der Waals surface area contributed by atoms with Gasteiger partial charge in [-0.05, 0) is 48.6 Å². The summed E-state index contributed by atoms with van der Waals surface area (Å²) in [6.07, 6.45) is 8.30. The molecule has 2 unspecified atom stereocenters. The van der Waals surface area contributed by atoms with Gasteiger partial charge in [0, 0.05) is 0 Å². The molecule has 1 nitrogen and oxygen atoms in total. The quantitative estimate of drug-likeness (QED) is 0.792. The predicted octanol–water partition coefficient (Wildman–Crippen LogP) is 4.07. The number of benzene rings is 1. The van der Waals surface area contributed by atoms with E-state index in [1.165, 1.54) is 11.1 Å². The van der Waals surface area contributed by atoms with Crippen molar-refractivity contribution in [2.75, 3.05) is 0 Å². The maximum absolute atomic E-state index is 10.3. The molecule has 0 bridgehead atoms. The Labute approximate surface area is 111 Å². The highest BCUT2D eigenvalue weighted by Gasteiger charge is 2.19. The molecular weight excluding hydrogens is 220 g/mol. The standard InChI is InChI=1S/C17H24O/c1-13(2)15-10-8-14(9-11-15)12-17(18)16-6-4-3-5-7-16/h3-4,8-11,13,16-18H,5-7,12H2,1-2H3. The van der Waals surface area contributed by atoms with Gasteiger partial charge in [-0.15, -0.1) is 0 Å². The van der Waals surface area contributed by atoms with Gasteiger partial charge in [0.2, 0.25) is 0 Å². The van der Waals surface area contributed by atoms with Gasteiger partial charge in [0.15, 0.2) is 0 Å². The second-order valence-corrected chi connectivity index (χ2v) is 5.71. The molecule has 0 heterocycles. The molecule has 98 valence electrons. The zero-order valence-electron chi connectivity index (χ0n) is 11.5. The van der Waals surface area contributed by atoms with Crippen molar-refractivity contribution in [3.63, 3.8) is 0 Å². The molecule has 0 saturated heterocycles. The van der Waals surface area contributed by atoms with Gasteiger partial charge in [0.25, 0.3) is 0 Å². The summed E-state index contributed by atoms with van der Waals surface area (Å²) in [5.41, 5.74) is 2.62. The van der Waals surface area contributed by atoms with Gasteiger partial charge in [0.1, 0.15) is 0 Å². The molecule has 1 heteroatoms. The van der Waals surface area contributed by atoms with Crippen LogP contribution >= 0.6 is 0 Å². The first-order valence-electron chi connectivity index (χ1n) is 7.08. The number of rotatable bonds is 4. The maximum Gasteiger partial charge on any atom is 0.0611 e. The summed E-state index contributed by atoms with van der Waals surface area (Å²) >= 11 is 0. The fourth-order valence-corrected chi connectivity index (χ4v) is 2.61. The summed E-state index contributed by atoms with van der Waals surface area (Å²) in [5.74, 6) is 1.02. The van der Waals surface area contributed by atoms with E-state index in [9.17, 15) is 5.11 Å². The van der Waals surface area contributed by atoms with Crippen molar-refractivity contribution >= 4 is 0 Å². The minimum absolute atomic E-state index is 0.195. The van der Waals surface area contributed by atoms with E-state index in [4.69, 9.17) is 0 Å². The Morgan fingerprint density at radius 2 is 1.89 bits per heavy atom. The van der Waals surface area contributed by atoms with Crippen LogP contribution in [0.15, 0.2) is 36.4 Å². The number of allylic oxidation sites excluding steroid dienone is 2. The fraction of sp³-hybridized carbons (Fsp3) is 0.529. The van der Waals surface area contributed by atoms with Gasteiger partial charge in [-0.25, -0.2) is 0 Å². The van der Waals surface area contributed by atoms with Gasteiger partial charge < -0.3 is 5.11 Å². The number of aliphatic hydroxyl groups is 1. The molecule has 2 rings (SSSR count). The molecule has 1 aliphatic rings. The third-order valence-corrected chi connectivity index (χ3v) is 3.95. The third-order valence-electron chi connectivity index (χ3n) is 3.95. The van der Waals surface area contributed by atoms with Crippen molar-refractivity contribution in [3.8, 4) is 0 Å². The Balaban J connectivity index is 1.94. The average molecular weight is 244 g/mol. The van der Waals surface area contributed by atoms with Gasteiger partial charge in [-0.1, -0.05) is 50.3 Å². The first-order chi connectivity index (χ1) is 8.66. The van der Waals surface area contributed by atoms with E-state index in [1.54, 1.807) is 0 Å². The van der Waals surface area contributed by atoms with E-state index < -0.39 is 0 Å². The van der Waals surface area contributed by atoms with Crippen LogP contribution in [0, 0.1) is 5.92 Å². The van der Waals surface area contributed by atoms with Crippen LogP contribution in [0.25, 0.3) is 0 Å². The lowest BCUT2D eigenvalue weighted by atomic mass is 9.86. The third kappa shape index (κ3) is 3.46. The zero-order valence-corrected chi connectivity index (χ0v) is 11.5. The maximum atomic E-state index is 10.3. The molecule has 0 aliphatic heterocycles. The number of hydrogen-bond acceptors (Lipinski definition) is 1. The second-order valence-electron chi connectivity index (χ2n) is 5.71. The summed E-state index contributed by atoms with van der Waals surface area (Å²) in [4.78, 5) is 0. The predicted molar refractivity (Wildman–Crippen MR) is 76.7 cm³/mol. The van der Waals surface area contributed by atoms with Crippen LogP contribution in [-0.4, -0.2) is 11.2 Å². The Morgan fingerprint density at radius 3 is 2.44 bits per heavy atom. The van der Waals surface area contributed by atoms with E-state index >= 15 is 0 Å². The van der Waals surface area contributed by atoms with Crippen molar-refractivity contribution in [3.05, 3.63) is 47.5 Å². The van der Waals surface area contributed by atoms with E-state index in [-0.39, 0.29) is 6.10 Å². The highest BCUT2D eigenvalue weighted by atomic mass is 16.3. The van der Waals surface area contributed by atoms with Crippen molar-refractivity contribution in [1.82, 2.24) is 0 Å². The summed E-state index contributed by atoms with van der Waals surface area (Å²) in [5, 5.41) is 10.3. The molecule has 1 aliphatic carbocycles. The molecule has 0 fully saturated rings. The molecule has 1 N–H and O–H groups in total. The highest BCUT2D eigenvalue weighted by Crippen LogP contribution is 2.24. The highest BCUT2D eigenvalue weighted by molar-refractivity contribution is 5.25. The van der Waals surface area contributed by atoms with Gasteiger partial charge in [0.05, 0.1) is 6.10 Å². The summed E-state index contributed by atoms with van der Waals surface area (Å²) in [6, 6.07) is 8.70. The Kier molecular flexibility index (Phi) is 4.60. The van der Waals surface area contributed by atoms with E-state index in [0.717, 1.165) is 25.7 Å². The Hall–Kier alpha value is -1.08. The van der Waals surface area contributed by atoms with Crippen molar-refractivity contribution < 1.29 is 5.11 Å². The molecule has 0 saturated carbocycles. The van der Waals surface area contributed by atoms with E-state index in [0.29, 0.717) is 11.8 Å². The van der Waals surface area contributed by atoms with Crippen molar-refractivity contribution in [2.45, 2.75) is 51.6 Å². The molecule has 0 spiro atoms. The summed E-state index contributed by atoms with van der Waals surface area (Å²) < 4.78 is 0.